The van der Waals surface area contributed by atoms with E-state index in [2.05, 4.69) is 19.2 Å². The van der Waals surface area contributed by atoms with Crippen molar-refractivity contribution in [3.8, 4) is 0 Å². The third-order valence-electron chi connectivity index (χ3n) is 4.09. The smallest absolute Gasteiger partial charge is 0.185 e. The Balaban J connectivity index is 0.000000433. The molecule has 0 saturated carbocycles. The molecule has 0 amide bonds. The Labute approximate surface area is 137 Å². The Hall–Kier alpha value is -0.610. The van der Waals surface area contributed by atoms with Crippen LogP contribution in [0.15, 0.2) is 0 Å². The van der Waals surface area contributed by atoms with Crippen molar-refractivity contribution in [2.24, 2.45) is 5.92 Å². The van der Waals surface area contributed by atoms with Crippen molar-refractivity contribution in [2.75, 3.05) is 19.7 Å². The average molecular weight is 315 g/mol. The molecule has 3 N–H and O–H groups in total. The van der Waals surface area contributed by atoms with Gasteiger partial charge in [0.1, 0.15) is 6.10 Å². The minimum atomic E-state index is -0.201. The van der Waals surface area contributed by atoms with E-state index in [1.807, 2.05) is 6.92 Å². The second-order valence-corrected chi connectivity index (χ2v) is 6.15. The quantitative estimate of drug-likeness (QED) is 0.323. The molecule has 0 bridgehead atoms. The van der Waals surface area contributed by atoms with Crippen LogP contribution in [-0.4, -0.2) is 36.8 Å². The predicted octanol–water partition coefficient (Wildman–Crippen LogP) is 4.12. The SMILES string of the molecule is CCC(CO)OC(=N)C1CCNC1.CCCCCCCCC. The van der Waals surface area contributed by atoms with Crippen molar-refractivity contribution in [3.63, 3.8) is 0 Å². The van der Waals surface area contributed by atoms with Crippen molar-refractivity contribution in [2.45, 2.75) is 84.7 Å². The van der Waals surface area contributed by atoms with Crippen LogP contribution in [-0.2, 0) is 4.74 Å². The Bertz CT molecular complexity index is 243. The second-order valence-electron chi connectivity index (χ2n) is 6.15. The zero-order chi connectivity index (χ0) is 16.6. The molecule has 1 aliphatic heterocycles. The van der Waals surface area contributed by atoms with E-state index in [9.17, 15) is 0 Å². The summed E-state index contributed by atoms with van der Waals surface area (Å²) in [7, 11) is 0. The fraction of sp³-hybridized carbons (Fsp3) is 0.944. The van der Waals surface area contributed by atoms with Gasteiger partial charge in [-0.05, 0) is 19.4 Å². The molecule has 1 heterocycles. The maximum atomic E-state index is 8.88. The van der Waals surface area contributed by atoms with Crippen LogP contribution in [0.2, 0.25) is 0 Å². The highest BCUT2D eigenvalue weighted by atomic mass is 16.5. The number of aliphatic hydroxyl groups is 1. The van der Waals surface area contributed by atoms with E-state index in [1.54, 1.807) is 0 Å². The molecule has 0 aliphatic carbocycles. The first kappa shape index (κ1) is 21.4. The van der Waals surface area contributed by atoms with Gasteiger partial charge >= 0.3 is 0 Å². The molecule has 1 rings (SSSR count). The van der Waals surface area contributed by atoms with Gasteiger partial charge in [0.25, 0.3) is 0 Å². The number of hydrogen-bond donors (Lipinski definition) is 3. The zero-order valence-electron chi connectivity index (χ0n) is 15.0. The second kappa shape index (κ2) is 15.3. The van der Waals surface area contributed by atoms with Gasteiger partial charge in [-0.3, -0.25) is 5.41 Å². The first-order chi connectivity index (χ1) is 10.7. The number of ether oxygens (including phenoxy) is 1. The summed E-state index contributed by atoms with van der Waals surface area (Å²) < 4.78 is 5.33. The Kier molecular flexibility index (Phi) is 14.9. The van der Waals surface area contributed by atoms with Gasteiger partial charge in [0.15, 0.2) is 5.90 Å². The van der Waals surface area contributed by atoms with Gasteiger partial charge in [0.2, 0.25) is 0 Å². The molecule has 1 saturated heterocycles. The molecular weight excluding hydrogens is 276 g/mol. The molecule has 4 heteroatoms. The summed E-state index contributed by atoms with van der Waals surface area (Å²) in [6.07, 6.45) is 11.5. The summed E-state index contributed by atoms with van der Waals surface area (Å²) in [4.78, 5) is 0. The fourth-order valence-corrected chi connectivity index (χ4v) is 2.43. The summed E-state index contributed by atoms with van der Waals surface area (Å²) in [5, 5.41) is 19.7. The van der Waals surface area contributed by atoms with Crippen molar-refractivity contribution >= 4 is 5.90 Å². The van der Waals surface area contributed by atoms with E-state index >= 15 is 0 Å². The Morgan fingerprint density at radius 3 is 2.14 bits per heavy atom. The van der Waals surface area contributed by atoms with Gasteiger partial charge in [-0.25, -0.2) is 0 Å². The lowest BCUT2D eigenvalue weighted by Gasteiger charge is -2.18. The number of rotatable bonds is 10. The zero-order valence-corrected chi connectivity index (χ0v) is 15.0. The van der Waals surface area contributed by atoms with E-state index in [-0.39, 0.29) is 18.6 Å². The first-order valence-corrected chi connectivity index (χ1v) is 9.26. The number of nitrogens with one attached hydrogen (secondary N) is 2. The van der Waals surface area contributed by atoms with Gasteiger partial charge in [0, 0.05) is 12.5 Å². The molecular formula is C18H38N2O2. The van der Waals surface area contributed by atoms with Gasteiger partial charge < -0.3 is 15.2 Å². The highest BCUT2D eigenvalue weighted by molar-refractivity contribution is 5.76. The van der Waals surface area contributed by atoms with Gasteiger partial charge in [-0.15, -0.1) is 0 Å². The molecule has 0 aromatic heterocycles. The molecule has 0 spiro atoms. The Morgan fingerprint density at radius 1 is 1.14 bits per heavy atom. The average Bonchev–Trinajstić information content (AvgIpc) is 3.07. The maximum absolute atomic E-state index is 8.88. The minimum absolute atomic E-state index is 0.000964. The lowest BCUT2D eigenvalue weighted by Crippen LogP contribution is -2.27. The van der Waals surface area contributed by atoms with Crippen molar-refractivity contribution in [1.29, 1.82) is 5.41 Å². The van der Waals surface area contributed by atoms with Crippen LogP contribution >= 0.6 is 0 Å². The number of hydrogen-bond acceptors (Lipinski definition) is 4. The number of unbranched alkanes of at least 4 members (excludes halogenated alkanes) is 6. The summed E-state index contributed by atoms with van der Waals surface area (Å²) in [5.41, 5.74) is 0. The lowest BCUT2D eigenvalue weighted by atomic mass is 10.1. The molecule has 1 aliphatic rings. The molecule has 1 fully saturated rings. The normalized spacial score (nSPS) is 18.5. The molecule has 132 valence electrons. The van der Waals surface area contributed by atoms with Gasteiger partial charge in [-0.1, -0.05) is 65.7 Å². The van der Waals surface area contributed by atoms with E-state index in [4.69, 9.17) is 15.3 Å². The van der Waals surface area contributed by atoms with Crippen molar-refractivity contribution < 1.29 is 9.84 Å². The van der Waals surface area contributed by atoms with Crippen LogP contribution in [0.3, 0.4) is 0 Å². The molecule has 22 heavy (non-hydrogen) atoms. The monoisotopic (exact) mass is 314 g/mol. The standard InChI is InChI=1S/C9H18N2O2.C9H20/c1-2-8(6-12)13-9(10)7-3-4-11-5-7;1-3-5-7-9-8-6-4-2/h7-8,10-12H,2-6H2,1H3;3-9H2,1-2H3. The summed E-state index contributed by atoms with van der Waals surface area (Å²) >= 11 is 0. The van der Waals surface area contributed by atoms with Crippen molar-refractivity contribution in [1.82, 2.24) is 5.32 Å². The highest BCUT2D eigenvalue weighted by Gasteiger charge is 2.22. The van der Waals surface area contributed by atoms with Crippen LogP contribution in [0.25, 0.3) is 0 Å². The molecule has 2 unspecified atom stereocenters. The molecule has 0 aromatic rings. The van der Waals surface area contributed by atoms with Crippen LogP contribution in [0.1, 0.15) is 78.6 Å². The Morgan fingerprint density at radius 2 is 1.73 bits per heavy atom. The topological polar surface area (TPSA) is 65.3 Å². The molecule has 4 nitrogen and oxygen atoms in total. The predicted molar refractivity (Wildman–Crippen MR) is 94.6 cm³/mol. The largest absolute Gasteiger partial charge is 0.475 e. The first-order valence-electron chi connectivity index (χ1n) is 9.26. The summed E-state index contributed by atoms with van der Waals surface area (Å²) in [6, 6.07) is 0. The minimum Gasteiger partial charge on any atom is -0.475 e. The number of aliphatic hydroxyl groups excluding tert-OH is 1. The molecule has 0 aromatic carbocycles. The third-order valence-corrected chi connectivity index (χ3v) is 4.09. The lowest BCUT2D eigenvalue weighted by molar-refractivity contribution is 0.0948. The summed E-state index contributed by atoms with van der Waals surface area (Å²) in [6.45, 7) is 8.27. The van der Waals surface area contributed by atoms with Crippen LogP contribution in [0.5, 0.6) is 0 Å². The highest BCUT2D eigenvalue weighted by Crippen LogP contribution is 2.12. The van der Waals surface area contributed by atoms with Gasteiger partial charge in [-0.2, -0.15) is 0 Å². The van der Waals surface area contributed by atoms with Crippen molar-refractivity contribution in [3.05, 3.63) is 0 Å². The molecule has 2 atom stereocenters. The molecule has 0 radical (unpaired) electrons. The van der Waals surface area contributed by atoms with E-state index < -0.39 is 0 Å². The maximum Gasteiger partial charge on any atom is 0.185 e. The van der Waals surface area contributed by atoms with E-state index in [1.165, 1.54) is 44.9 Å². The fourth-order valence-electron chi connectivity index (χ4n) is 2.43. The third kappa shape index (κ3) is 11.0. The van der Waals surface area contributed by atoms with Crippen LogP contribution in [0.4, 0.5) is 0 Å². The van der Waals surface area contributed by atoms with Crippen LogP contribution < -0.4 is 5.32 Å². The van der Waals surface area contributed by atoms with Crippen LogP contribution in [0, 0.1) is 11.3 Å². The summed E-state index contributed by atoms with van der Waals surface area (Å²) in [5.74, 6) is 0.534. The van der Waals surface area contributed by atoms with E-state index in [0.717, 1.165) is 25.9 Å². The van der Waals surface area contributed by atoms with Gasteiger partial charge in [0.05, 0.1) is 6.61 Å². The van der Waals surface area contributed by atoms with E-state index in [0.29, 0.717) is 5.90 Å².